The topological polar surface area (TPSA) is 313 Å². The molecule has 1 fully saturated rings. The summed E-state index contributed by atoms with van der Waals surface area (Å²) in [4.78, 5) is 110. The van der Waals surface area contributed by atoms with Gasteiger partial charge in [-0.05, 0) is 67.3 Å². The molecule has 13 N–H and O–H groups in total. The Bertz CT molecular complexity index is 1950. The average Bonchev–Trinajstić information content (AvgIpc) is 3.24. The van der Waals surface area contributed by atoms with Crippen LogP contribution in [0.4, 0.5) is 0 Å². The van der Waals surface area contributed by atoms with E-state index in [1.807, 2.05) is 0 Å². The first-order valence-corrected chi connectivity index (χ1v) is 24.0. The Morgan fingerprint density at radius 3 is 1.83 bits per heavy atom. The Morgan fingerprint density at radius 1 is 0.738 bits per heavy atom. The van der Waals surface area contributed by atoms with Gasteiger partial charge in [0, 0.05) is 24.3 Å². The molecule has 21 heteroatoms. The molecule has 0 saturated carbocycles. The second kappa shape index (κ2) is 25.9. The van der Waals surface area contributed by atoms with Crippen molar-refractivity contribution in [3.05, 3.63) is 65.7 Å². The summed E-state index contributed by atoms with van der Waals surface area (Å²) in [6.45, 7) is 10.1. The van der Waals surface area contributed by atoms with Crippen molar-refractivity contribution < 1.29 is 48.6 Å². The van der Waals surface area contributed by atoms with Crippen LogP contribution in [0.1, 0.15) is 71.9 Å². The number of nitrogens with two attached hydrogens (primary N) is 2. The van der Waals surface area contributed by atoms with Gasteiger partial charge < -0.3 is 58.9 Å². The number of benzene rings is 2. The Labute approximate surface area is 387 Å². The van der Waals surface area contributed by atoms with Crippen molar-refractivity contribution in [3.8, 4) is 5.75 Å². The highest BCUT2D eigenvalue weighted by molar-refractivity contribution is 8.76. The standard InChI is InChI=1S/C44H65N9O10S2/c1-24(2)34(43(62)63)52-41(60)33-23-65-64-22-32(50-36(55)25(3)46)40(59)49-31(20-26-12-8-7-9-13-26)39(58)53-35(44(4,5)6)42(61)47-29(14-10-11-19-45)37(56)48-30(38(57)51-33)21-27-15-17-28(54)18-16-27/h7-9,12-13,15-18,24-25,29-35,54H,10-11,14,19-23,45-46H2,1-6H3,(H,47,61)(H,48,56)(H,49,59)(H,50,55)(H,51,57)(H,52,60)(H,53,58)(H,62,63)/t25-,29-,30-,31-,32-,33-,34-,35+/m0/s1. The molecule has 8 atom stereocenters. The minimum absolute atomic E-state index is 0.0104. The monoisotopic (exact) mass is 943 g/mol. The lowest BCUT2D eigenvalue weighted by atomic mass is 9.85. The largest absolute Gasteiger partial charge is 0.508 e. The normalized spacial score (nSPS) is 23.1. The summed E-state index contributed by atoms with van der Waals surface area (Å²) < 4.78 is 0. The van der Waals surface area contributed by atoms with Crippen molar-refractivity contribution in [1.82, 2.24) is 37.2 Å². The number of rotatable bonds is 14. The maximum atomic E-state index is 14.3. The average molecular weight is 944 g/mol. The van der Waals surface area contributed by atoms with E-state index in [4.69, 9.17) is 11.5 Å². The van der Waals surface area contributed by atoms with Crippen molar-refractivity contribution in [1.29, 1.82) is 0 Å². The molecule has 0 bridgehead atoms. The van der Waals surface area contributed by atoms with Crippen LogP contribution in [0.2, 0.25) is 0 Å². The van der Waals surface area contributed by atoms with E-state index >= 15 is 0 Å². The molecule has 0 aromatic heterocycles. The number of amides is 7. The molecule has 1 saturated heterocycles. The van der Waals surface area contributed by atoms with Crippen molar-refractivity contribution in [2.24, 2.45) is 22.8 Å². The molecule has 0 spiro atoms. The zero-order valence-corrected chi connectivity index (χ0v) is 39.3. The van der Waals surface area contributed by atoms with E-state index in [2.05, 4.69) is 37.2 Å². The lowest BCUT2D eigenvalue weighted by Crippen LogP contribution is -2.63. The molecule has 1 aliphatic rings. The molecule has 2 aromatic rings. The molecule has 65 heavy (non-hydrogen) atoms. The van der Waals surface area contributed by atoms with Crippen LogP contribution in [-0.2, 0) is 51.2 Å². The zero-order valence-electron chi connectivity index (χ0n) is 37.7. The van der Waals surface area contributed by atoms with Gasteiger partial charge in [0.2, 0.25) is 41.4 Å². The summed E-state index contributed by atoms with van der Waals surface area (Å²) in [7, 11) is 2.08. The minimum Gasteiger partial charge on any atom is -0.508 e. The number of aliphatic carboxylic acids is 1. The number of carboxylic acid groups (broad SMARTS) is 1. The summed E-state index contributed by atoms with van der Waals surface area (Å²) in [6.07, 6.45) is 0.812. The van der Waals surface area contributed by atoms with Gasteiger partial charge in [-0.3, -0.25) is 33.6 Å². The number of carbonyl (C=O) groups is 8. The van der Waals surface area contributed by atoms with Gasteiger partial charge in [-0.15, -0.1) is 0 Å². The lowest BCUT2D eigenvalue weighted by Gasteiger charge is -2.33. The SMILES string of the molecule is CC(C)[C@H](NC(=O)[C@@H]1CSSC[C@H](NC(=O)[C@H](C)N)C(=O)N[C@@H](Cc2ccccc2)C(=O)N[C@@H](C(C)(C)C)C(=O)N[C@@H](CCCCN)C(=O)N[C@@H](Cc2ccc(O)cc2)C(=O)N1)C(=O)O. The highest BCUT2D eigenvalue weighted by Gasteiger charge is 2.39. The number of aromatic hydroxyl groups is 1. The lowest BCUT2D eigenvalue weighted by molar-refractivity contribution is -0.143. The molecular weight excluding hydrogens is 879 g/mol. The molecule has 3 rings (SSSR count). The number of phenols is 1. The number of hydrogen-bond acceptors (Lipinski definition) is 13. The van der Waals surface area contributed by atoms with E-state index in [0.717, 1.165) is 21.6 Å². The summed E-state index contributed by atoms with van der Waals surface area (Å²) in [5.41, 5.74) is 11.9. The fraction of sp³-hybridized carbons (Fsp3) is 0.545. The van der Waals surface area contributed by atoms with E-state index in [9.17, 15) is 48.6 Å². The van der Waals surface area contributed by atoms with Crippen LogP contribution in [0.25, 0.3) is 0 Å². The van der Waals surface area contributed by atoms with Crippen LogP contribution in [0.3, 0.4) is 0 Å². The van der Waals surface area contributed by atoms with Crippen molar-refractivity contribution in [2.75, 3.05) is 18.1 Å². The van der Waals surface area contributed by atoms with Crippen LogP contribution >= 0.6 is 21.6 Å². The molecule has 0 radical (unpaired) electrons. The summed E-state index contributed by atoms with van der Waals surface area (Å²) >= 11 is 0. The second-order valence-corrected chi connectivity index (χ2v) is 19.9. The maximum Gasteiger partial charge on any atom is 0.326 e. The van der Waals surface area contributed by atoms with Crippen LogP contribution in [0, 0.1) is 11.3 Å². The number of carboxylic acids is 1. The van der Waals surface area contributed by atoms with Crippen LogP contribution < -0.4 is 48.7 Å². The van der Waals surface area contributed by atoms with Crippen LogP contribution in [-0.4, -0.2) is 124 Å². The highest BCUT2D eigenvalue weighted by Crippen LogP contribution is 2.25. The van der Waals surface area contributed by atoms with Crippen molar-refractivity contribution in [3.63, 3.8) is 0 Å². The van der Waals surface area contributed by atoms with Gasteiger partial charge >= 0.3 is 5.97 Å². The summed E-state index contributed by atoms with van der Waals surface area (Å²) in [5, 5.41) is 38.7. The Morgan fingerprint density at radius 2 is 1.28 bits per heavy atom. The number of phenolic OH excluding ortho intramolecular Hbond substituents is 1. The predicted molar refractivity (Wildman–Crippen MR) is 249 cm³/mol. The predicted octanol–water partition coefficient (Wildman–Crippen LogP) is 0.229. The van der Waals surface area contributed by atoms with Crippen molar-refractivity contribution >= 4 is 68.9 Å². The molecule has 1 heterocycles. The van der Waals surface area contributed by atoms with Crippen LogP contribution in [0.15, 0.2) is 54.6 Å². The zero-order chi connectivity index (χ0) is 48.4. The van der Waals surface area contributed by atoms with Gasteiger partial charge in [0.15, 0.2) is 0 Å². The molecule has 19 nitrogen and oxygen atoms in total. The van der Waals surface area contributed by atoms with E-state index in [0.29, 0.717) is 30.5 Å². The third kappa shape index (κ3) is 17.8. The van der Waals surface area contributed by atoms with E-state index < -0.39 is 107 Å². The fourth-order valence-electron chi connectivity index (χ4n) is 6.56. The highest BCUT2D eigenvalue weighted by atomic mass is 33.1. The number of nitrogens with one attached hydrogen (secondary N) is 7. The quantitative estimate of drug-likeness (QED) is 0.0893. The Hall–Kier alpha value is -5.38. The second-order valence-electron chi connectivity index (χ2n) is 17.4. The summed E-state index contributed by atoms with van der Waals surface area (Å²) in [6, 6.07) is 4.53. The first-order valence-electron chi connectivity index (χ1n) is 21.5. The van der Waals surface area contributed by atoms with Gasteiger partial charge in [0.1, 0.15) is 48.0 Å². The molecule has 7 amide bonds. The van der Waals surface area contributed by atoms with E-state index in [-0.39, 0.29) is 36.5 Å². The van der Waals surface area contributed by atoms with E-state index in [1.54, 1.807) is 77.1 Å². The smallest absolute Gasteiger partial charge is 0.326 e. The fourth-order valence-corrected chi connectivity index (χ4v) is 8.88. The number of hydrogen-bond donors (Lipinski definition) is 11. The van der Waals surface area contributed by atoms with Crippen molar-refractivity contribution in [2.45, 2.75) is 122 Å². The van der Waals surface area contributed by atoms with Gasteiger partial charge in [0.25, 0.3) is 0 Å². The van der Waals surface area contributed by atoms with Gasteiger partial charge in [-0.1, -0.05) is 98.7 Å². The molecule has 358 valence electrons. The molecular formula is C44H65N9O10S2. The molecule has 0 unspecified atom stereocenters. The molecule has 0 aliphatic carbocycles. The van der Waals surface area contributed by atoms with Gasteiger partial charge in [-0.2, -0.15) is 0 Å². The third-order valence-electron chi connectivity index (χ3n) is 10.4. The first-order chi connectivity index (χ1) is 30.6. The number of carbonyl (C=O) groups excluding carboxylic acids is 7. The molecule has 1 aliphatic heterocycles. The van der Waals surface area contributed by atoms with Gasteiger partial charge in [0.05, 0.1) is 6.04 Å². The van der Waals surface area contributed by atoms with E-state index in [1.165, 1.54) is 19.1 Å². The summed E-state index contributed by atoms with van der Waals surface area (Å²) in [5.74, 6) is -7.54. The first kappa shape index (κ1) is 54.0. The Kier molecular flexibility index (Phi) is 21.5. The number of unbranched alkanes of at least 4 members (excludes halogenated alkanes) is 1. The Balaban J connectivity index is 2.18. The third-order valence-corrected chi connectivity index (χ3v) is 12.8. The molecule has 2 aromatic carbocycles. The minimum atomic E-state index is -1.40. The van der Waals surface area contributed by atoms with Crippen LogP contribution in [0.5, 0.6) is 5.75 Å². The maximum absolute atomic E-state index is 14.3. The van der Waals surface area contributed by atoms with Gasteiger partial charge in [-0.25, -0.2) is 4.79 Å².